The summed E-state index contributed by atoms with van der Waals surface area (Å²) in [6.07, 6.45) is 1.49. The molecule has 1 atom stereocenters. The number of H-pyrrole nitrogens is 1. The van der Waals surface area contributed by atoms with Crippen LogP contribution < -0.4 is 5.32 Å². The lowest BCUT2D eigenvalue weighted by atomic mass is 10.2. The lowest BCUT2D eigenvalue weighted by molar-refractivity contribution is 0.0594. The largest absolute Gasteiger partial charge is 0.464 e. The van der Waals surface area contributed by atoms with Gasteiger partial charge in [-0.2, -0.15) is 0 Å². The Hall–Kier alpha value is -1.33. The Bertz CT molecular complexity index is 347. The number of methoxy groups -OCH3 is 1. The van der Waals surface area contributed by atoms with E-state index in [4.69, 9.17) is 5.11 Å². The maximum atomic E-state index is 11.2. The third-order valence-electron chi connectivity index (χ3n) is 2.44. The third kappa shape index (κ3) is 5.01. The van der Waals surface area contributed by atoms with Gasteiger partial charge in [-0.15, -0.1) is 0 Å². The van der Waals surface area contributed by atoms with Crippen molar-refractivity contribution in [2.75, 3.05) is 13.7 Å². The van der Waals surface area contributed by atoms with Crippen molar-refractivity contribution < 1.29 is 14.6 Å². The minimum Gasteiger partial charge on any atom is -0.464 e. The van der Waals surface area contributed by atoms with Crippen molar-refractivity contribution in [1.82, 2.24) is 10.3 Å². The Morgan fingerprint density at radius 2 is 2.35 bits per heavy atom. The van der Waals surface area contributed by atoms with Crippen LogP contribution in [0.15, 0.2) is 12.1 Å². The van der Waals surface area contributed by atoms with Crippen LogP contribution in [-0.4, -0.2) is 35.8 Å². The van der Waals surface area contributed by atoms with E-state index in [1.165, 1.54) is 7.11 Å². The molecule has 3 N–H and O–H groups in total. The third-order valence-corrected chi connectivity index (χ3v) is 2.44. The number of rotatable bonds is 7. The van der Waals surface area contributed by atoms with Crippen molar-refractivity contribution in [3.63, 3.8) is 0 Å². The first-order valence-corrected chi connectivity index (χ1v) is 5.78. The van der Waals surface area contributed by atoms with Crippen LogP contribution in [0.1, 0.15) is 35.9 Å². The van der Waals surface area contributed by atoms with Crippen LogP contribution in [0.25, 0.3) is 0 Å². The molecule has 0 saturated carbocycles. The van der Waals surface area contributed by atoms with Gasteiger partial charge < -0.3 is 20.1 Å². The first-order chi connectivity index (χ1) is 8.13. The molecule has 0 amide bonds. The van der Waals surface area contributed by atoms with Crippen molar-refractivity contribution in [3.8, 4) is 0 Å². The SMILES string of the molecule is COC(=O)c1ccc(CNCCCC(C)O)[nH]1. The molecule has 1 heterocycles. The molecule has 0 aliphatic rings. The second kappa shape index (κ2) is 7.09. The minimum absolute atomic E-state index is 0.242. The number of nitrogens with one attached hydrogen (secondary N) is 2. The van der Waals surface area contributed by atoms with Gasteiger partial charge in [0.15, 0.2) is 0 Å². The molecule has 0 aliphatic heterocycles. The molecule has 0 fully saturated rings. The second-order valence-corrected chi connectivity index (χ2v) is 4.06. The number of carbonyl (C=O) groups is 1. The summed E-state index contributed by atoms with van der Waals surface area (Å²) in [5.74, 6) is -0.356. The molecule has 1 aromatic rings. The number of aromatic amines is 1. The highest BCUT2D eigenvalue weighted by Crippen LogP contribution is 2.03. The fraction of sp³-hybridized carbons (Fsp3) is 0.583. The summed E-state index contributed by atoms with van der Waals surface area (Å²) in [6.45, 7) is 3.31. The van der Waals surface area contributed by atoms with E-state index in [9.17, 15) is 4.79 Å². The van der Waals surface area contributed by atoms with Crippen molar-refractivity contribution in [3.05, 3.63) is 23.5 Å². The summed E-state index contributed by atoms with van der Waals surface area (Å²) < 4.78 is 4.60. The quantitative estimate of drug-likeness (QED) is 0.492. The zero-order chi connectivity index (χ0) is 12.7. The zero-order valence-corrected chi connectivity index (χ0v) is 10.3. The highest BCUT2D eigenvalue weighted by molar-refractivity contribution is 5.87. The van der Waals surface area contributed by atoms with E-state index in [1.54, 1.807) is 13.0 Å². The highest BCUT2D eigenvalue weighted by atomic mass is 16.5. The average molecular weight is 240 g/mol. The molecule has 0 aromatic carbocycles. The number of carbonyl (C=O) groups excluding carboxylic acids is 1. The van der Waals surface area contributed by atoms with Crippen LogP contribution >= 0.6 is 0 Å². The molecule has 1 rings (SSSR count). The topological polar surface area (TPSA) is 74.3 Å². The van der Waals surface area contributed by atoms with Gasteiger partial charge in [-0.05, 0) is 38.4 Å². The molecule has 0 aliphatic carbocycles. The van der Waals surface area contributed by atoms with Gasteiger partial charge in [0.25, 0.3) is 0 Å². The van der Waals surface area contributed by atoms with E-state index in [1.807, 2.05) is 6.07 Å². The molecule has 5 nitrogen and oxygen atoms in total. The minimum atomic E-state index is -0.356. The number of aliphatic hydroxyl groups excluding tert-OH is 1. The van der Waals surface area contributed by atoms with Crippen molar-refractivity contribution >= 4 is 5.97 Å². The number of aliphatic hydroxyl groups is 1. The van der Waals surface area contributed by atoms with Gasteiger partial charge in [-0.25, -0.2) is 4.79 Å². The van der Waals surface area contributed by atoms with E-state index < -0.39 is 0 Å². The van der Waals surface area contributed by atoms with E-state index >= 15 is 0 Å². The van der Waals surface area contributed by atoms with Crippen molar-refractivity contribution in [1.29, 1.82) is 0 Å². The first kappa shape index (κ1) is 13.7. The molecule has 96 valence electrons. The zero-order valence-electron chi connectivity index (χ0n) is 10.3. The Labute approximate surface area is 101 Å². The van der Waals surface area contributed by atoms with E-state index in [-0.39, 0.29) is 12.1 Å². The maximum absolute atomic E-state index is 11.2. The Morgan fingerprint density at radius 3 is 3.00 bits per heavy atom. The number of aromatic nitrogens is 1. The molecular weight excluding hydrogens is 220 g/mol. The van der Waals surface area contributed by atoms with Gasteiger partial charge in [0.05, 0.1) is 13.2 Å². The van der Waals surface area contributed by atoms with Gasteiger partial charge in [-0.3, -0.25) is 0 Å². The fourth-order valence-corrected chi connectivity index (χ4v) is 1.52. The predicted molar refractivity (Wildman–Crippen MR) is 64.8 cm³/mol. The van der Waals surface area contributed by atoms with Crippen LogP contribution in [0.2, 0.25) is 0 Å². The number of hydrogen-bond donors (Lipinski definition) is 3. The molecule has 0 bridgehead atoms. The van der Waals surface area contributed by atoms with Gasteiger partial charge in [0.2, 0.25) is 0 Å². The van der Waals surface area contributed by atoms with Crippen LogP contribution in [0, 0.1) is 0 Å². The van der Waals surface area contributed by atoms with Gasteiger partial charge in [0.1, 0.15) is 5.69 Å². The second-order valence-electron chi connectivity index (χ2n) is 4.06. The summed E-state index contributed by atoms with van der Waals surface area (Å²) in [5.41, 5.74) is 1.41. The summed E-state index contributed by atoms with van der Waals surface area (Å²) in [5, 5.41) is 12.3. The number of hydrogen-bond acceptors (Lipinski definition) is 4. The lowest BCUT2D eigenvalue weighted by Crippen LogP contribution is -2.16. The first-order valence-electron chi connectivity index (χ1n) is 5.78. The smallest absolute Gasteiger partial charge is 0.354 e. The Kier molecular flexibility index (Phi) is 5.72. The van der Waals surface area contributed by atoms with Crippen LogP contribution in [0.5, 0.6) is 0 Å². The Morgan fingerprint density at radius 1 is 1.59 bits per heavy atom. The molecule has 5 heteroatoms. The van der Waals surface area contributed by atoms with E-state index in [0.29, 0.717) is 12.2 Å². The van der Waals surface area contributed by atoms with E-state index in [0.717, 1.165) is 25.1 Å². The van der Waals surface area contributed by atoms with Crippen molar-refractivity contribution in [2.45, 2.75) is 32.4 Å². The van der Waals surface area contributed by atoms with Crippen LogP contribution in [0.4, 0.5) is 0 Å². The van der Waals surface area contributed by atoms with Gasteiger partial charge in [-0.1, -0.05) is 0 Å². The predicted octanol–water partition coefficient (Wildman–Crippen LogP) is 1.05. The monoisotopic (exact) mass is 240 g/mol. The molecule has 0 spiro atoms. The molecule has 17 heavy (non-hydrogen) atoms. The summed E-state index contributed by atoms with van der Waals surface area (Å²) >= 11 is 0. The lowest BCUT2D eigenvalue weighted by Gasteiger charge is -2.05. The summed E-state index contributed by atoms with van der Waals surface area (Å²) in [6, 6.07) is 3.56. The molecule has 0 saturated heterocycles. The average Bonchev–Trinajstić information content (AvgIpc) is 2.76. The molecule has 1 aromatic heterocycles. The maximum Gasteiger partial charge on any atom is 0.354 e. The van der Waals surface area contributed by atoms with Crippen LogP contribution in [0.3, 0.4) is 0 Å². The number of esters is 1. The number of ether oxygens (including phenoxy) is 1. The molecule has 1 unspecified atom stereocenters. The van der Waals surface area contributed by atoms with Crippen molar-refractivity contribution in [2.24, 2.45) is 0 Å². The summed E-state index contributed by atoms with van der Waals surface area (Å²) in [7, 11) is 1.36. The Balaban J connectivity index is 2.23. The normalized spacial score (nSPS) is 12.4. The van der Waals surface area contributed by atoms with Gasteiger partial charge >= 0.3 is 5.97 Å². The van der Waals surface area contributed by atoms with Gasteiger partial charge in [0, 0.05) is 12.2 Å². The molecular formula is C12H20N2O3. The van der Waals surface area contributed by atoms with Crippen LogP contribution in [-0.2, 0) is 11.3 Å². The molecule has 0 radical (unpaired) electrons. The summed E-state index contributed by atoms with van der Waals surface area (Å²) in [4.78, 5) is 14.2. The highest BCUT2D eigenvalue weighted by Gasteiger charge is 2.07. The fourth-order valence-electron chi connectivity index (χ4n) is 1.52. The van der Waals surface area contributed by atoms with E-state index in [2.05, 4.69) is 15.0 Å². The standard InChI is InChI=1S/C12H20N2O3/c1-9(15)4-3-7-13-8-10-5-6-11(14-10)12(16)17-2/h5-6,9,13-15H,3-4,7-8H2,1-2H3.